The van der Waals surface area contributed by atoms with Crippen LogP contribution in [0.4, 0.5) is 10.1 Å². The highest BCUT2D eigenvalue weighted by Gasteiger charge is 2.22. The first-order chi connectivity index (χ1) is 14.4. The number of thioether (sulfide) groups is 1. The van der Waals surface area contributed by atoms with Crippen LogP contribution in [0.15, 0.2) is 64.7 Å². The molecule has 0 aliphatic rings. The summed E-state index contributed by atoms with van der Waals surface area (Å²) in [4.78, 5) is 12.6. The summed E-state index contributed by atoms with van der Waals surface area (Å²) in [7, 11) is 1.59. The van der Waals surface area contributed by atoms with Crippen LogP contribution >= 0.6 is 27.7 Å². The van der Waals surface area contributed by atoms with E-state index >= 15 is 0 Å². The molecule has 0 radical (unpaired) electrons. The summed E-state index contributed by atoms with van der Waals surface area (Å²) in [6, 6.07) is 12.0. The van der Waals surface area contributed by atoms with E-state index in [-0.39, 0.29) is 11.6 Å². The zero-order valence-corrected chi connectivity index (χ0v) is 18.8. The third-order valence-electron chi connectivity index (χ3n) is 4.22. The van der Waals surface area contributed by atoms with Gasteiger partial charge in [-0.3, -0.25) is 9.36 Å². The van der Waals surface area contributed by atoms with Gasteiger partial charge in [0.2, 0.25) is 5.91 Å². The SMILES string of the molecule is C=CCn1c(SC(C)C(=O)Nc2ccc(Br)cc2F)nnc1-c1ccccc1OC. The average Bonchev–Trinajstić information content (AvgIpc) is 3.12. The van der Waals surface area contributed by atoms with Gasteiger partial charge >= 0.3 is 0 Å². The maximum atomic E-state index is 14.0. The van der Waals surface area contributed by atoms with Crippen LogP contribution in [0, 0.1) is 5.82 Å². The van der Waals surface area contributed by atoms with Crippen molar-refractivity contribution in [2.75, 3.05) is 12.4 Å². The summed E-state index contributed by atoms with van der Waals surface area (Å²) in [6.45, 7) is 5.98. The minimum absolute atomic E-state index is 0.123. The van der Waals surface area contributed by atoms with E-state index in [1.54, 1.807) is 26.2 Å². The van der Waals surface area contributed by atoms with E-state index in [1.807, 2.05) is 28.8 Å². The van der Waals surface area contributed by atoms with Gasteiger partial charge in [0.15, 0.2) is 11.0 Å². The molecular formula is C21H20BrFN4O2S. The number of methoxy groups -OCH3 is 1. The topological polar surface area (TPSA) is 69.0 Å². The lowest BCUT2D eigenvalue weighted by Gasteiger charge is -2.14. The minimum Gasteiger partial charge on any atom is -0.496 e. The van der Waals surface area contributed by atoms with E-state index in [4.69, 9.17) is 4.74 Å². The summed E-state index contributed by atoms with van der Waals surface area (Å²) < 4.78 is 21.9. The third kappa shape index (κ3) is 4.91. The van der Waals surface area contributed by atoms with Crippen LogP contribution in [0.25, 0.3) is 11.4 Å². The Morgan fingerprint density at radius 1 is 1.37 bits per heavy atom. The second kappa shape index (κ2) is 9.90. The number of carbonyl (C=O) groups excluding carboxylic acids is 1. The smallest absolute Gasteiger partial charge is 0.237 e. The highest BCUT2D eigenvalue weighted by atomic mass is 79.9. The maximum absolute atomic E-state index is 14.0. The van der Waals surface area contributed by atoms with Gasteiger partial charge in [0, 0.05) is 11.0 Å². The molecule has 6 nitrogen and oxygen atoms in total. The summed E-state index contributed by atoms with van der Waals surface area (Å²) in [5.74, 6) is 0.432. The number of anilines is 1. The Morgan fingerprint density at radius 2 is 2.13 bits per heavy atom. The second-order valence-electron chi connectivity index (χ2n) is 6.28. The zero-order valence-electron chi connectivity index (χ0n) is 16.4. The van der Waals surface area contributed by atoms with Crippen LogP contribution in [0.1, 0.15) is 6.92 Å². The number of hydrogen-bond donors (Lipinski definition) is 1. The van der Waals surface area contributed by atoms with Crippen LogP contribution in [0.3, 0.4) is 0 Å². The molecule has 0 aliphatic heterocycles. The van der Waals surface area contributed by atoms with Crippen LogP contribution in [0.2, 0.25) is 0 Å². The van der Waals surface area contributed by atoms with E-state index < -0.39 is 11.1 Å². The van der Waals surface area contributed by atoms with Crippen molar-refractivity contribution in [3.8, 4) is 17.1 Å². The van der Waals surface area contributed by atoms with E-state index in [0.29, 0.717) is 27.7 Å². The molecule has 1 N–H and O–H groups in total. The summed E-state index contributed by atoms with van der Waals surface area (Å²) in [6.07, 6.45) is 1.73. The van der Waals surface area contributed by atoms with Gasteiger partial charge in [0.1, 0.15) is 11.6 Å². The van der Waals surface area contributed by atoms with Gasteiger partial charge in [-0.2, -0.15) is 0 Å². The highest BCUT2D eigenvalue weighted by molar-refractivity contribution is 9.10. The average molecular weight is 491 g/mol. The molecule has 1 unspecified atom stereocenters. The first-order valence-corrected chi connectivity index (χ1v) is 10.7. The standard InChI is InChI=1S/C21H20BrFN4O2S/c1-4-11-27-19(15-7-5-6-8-18(15)29-3)25-26-21(27)30-13(2)20(28)24-17-10-9-14(22)12-16(17)23/h4-10,12-13H,1,11H2,2-3H3,(H,24,28). The lowest BCUT2D eigenvalue weighted by Crippen LogP contribution is -2.23. The molecule has 0 saturated carbocycles. The number of carbonyl (C=O) groups is 1. The molecule has 30 heavy (non-hydrogen) atoms. The molecule has 1 heterocycles. The summed E-state index contributed by atoms with van der Waals surface area (Å²) in [5, 5.41) is 11.2. The van der Waals surface area contributed by atoms with Crippen LogP contribution in [-0.2, 0) is 11.3 Å². The number of allylic oxidation sites excluding steroid dienone is 1. The number of ether oxygens (including phenoxy) is 1. The lowest BCUT2D eigenvalue weighted by molar-refractivity contribution is -0.115. The summed E-state index contributed by atoms with van der Waals surface area (Å²) in [5.41, 5.74) is 0.910. The number of para-hydroxylation sites is 1. The summed E-state index contributed by atoms with van der Waals surface area (Å²) >= 11 is 4.43. The van der Waals surface area contributed by atoms with Crippen LogP contribution in [-0.4, -0.2) is 33.0 Å². The monoisotopic (exact) mass is 490 g/mol. The van der Waals surface area contributed by atoms with Crippen molar-refractivity contribution >= 4 is 39.3 Å². The Labute approximate surface area is 186 Å². The first kappa shape index (κ1) is 22.0. The molecule has 1 amide bonds. The van der Waals surface area contributed by atoms with E-state index in [2.05, 4.69) is 38.0 Å². The fourth-order valence-corrected chi connectivity index (χ4v) is 3.93. The minimum atomic E-state index is -0.536. The van der Waals surface area contributed by atoms with Gasteiger partial charge in [0.05, 0.1) is 23.6 Å². The van der Waals surface area contributed by atoms with Gasteiger partial charge in [-0.25, -0.2) is 4.39 Å². The van der Waals surface area contributed by atoms with Gasteiger partial charge in [-0.05, 0) is 37.3 Å². The first-order valence-electron chi connectivity index (χ1n) is 9.04. The number of nitrogens with zero attached hydrogens (tertiary/aromatic N) is 3. The van der Waals surface area contributed by atoms with Crippen molar-refractivity contribution in [2.24, 2.45) is 0 Å². The molecule has 0 fully saturated rings. The molecule has 156 valence electrons. The number of halogens is 2. The Balaban J connectivity index is 1.82. The highest BCUT2D eigenvalue weighted by Crippen LogP contribution is 2.32. The van der Waals surface area contributed by atoms with Gasteiger partial charge < -0.3 is 10.1 Å². The molecule has 1 aromatic heterocycles. The Hall–Kier alpha value is -2.65. The molecule has 0 aliphatic carbocycles. The molecule has 2 aromatic carbocycles. The molecule has 0 spiro atoms. The molecule has 3 aromatic rings. The number of aromatic nitrogens is 3. The quantitative estimate of drug-likeness (QED) is 0.348. The van der Waals surface area contributed by atoms with Gasteiger partial charge in [-0.15, -0.1) is 16.8 Å². The van der Waals surface area contributed by atoms with Crippen molar-refractivity contribution in [2.45, 2.75) is 23.9 Å². The van der Waals surface area contributed by atoms with E-state index in [1.165, 1.54) is 23.9 Å². The molecule has 0 saturated heterocycles. The maximum Gasteiger partial charge on any atom is 0.237 e. The molecule has 1 atom stereocenters. The van der Waals surface area contributed by atoms with E-state index in [9.17, 15) is 9.18 Å². The van der Waals surface area contributed by atoms with Gasteiger partial charge in [0.25, 0.3) is 0 Å². The molecule has 3 rings (SSSR count). The number of nitrogens with one attached hydrogen (secondary N) is 1. The van der Waals surface area contributed by atoms with Crippen molar-refractivity contribution in [3.05, 3.63) is 65.4 Å². The molecule has 9 heteroatoms. The Morgan fingerprint density at radius 3 is 2.83 bits per heavy atom. The van der Waals surface area contributed by atoms with Crippen LogP contribution < -0.4 is 10.1 Å². The number of hydrogen-bond acceptors (Lipinski definition) is 5. The Kier molecular flexibility index (Phi) is 7.28. The fraction of sp³-hybridized carbons (Fsp3) is 0.190. The normalized spacial score (nSPS) is 11.7. The van der Waals surface area contributed by atoms with Gasteiger partial charge in [-0.1, -0.05) is 45.9 Å². The van der Waals surface area contributed by atoms with Crippen molar-refractivity contribution < 1.29 is 13.9 Å². The fourth-order valence-electron chi connectivity index (χ4n) is 2.74. The zero-order chi connectivity index (χ0) is 21.7. The number of rotatable bonds is 8. The predicted molar refractivity (Wildman–Crippen MR) is 120 cm³/mol. The van der Waals surface area contributed by atoms with Crippen molar-refractivity contribution in [1.82, 2.24) is 14.8 Å². The third-order valence-corrected chi connectivity index (χ3v) is 5.79. The second-order valence-corrected chi connectivity index (χ2v) is 8.50. The van der Waals surface area contributed by atoms with Crippen LogP contribution in [0.5, 0.6) is 5.75 Å². The van der Waals surface area contributed by atoms with E-state index in [0.717, 1.165) is 5.56 Å². The number of amides is 1. The van der Waals surface area contributed by atoms with Crippen molar-refractivity contribution in [1.29, 1.82) is 0 Å². The molecule has 0 bridgehead atoms. The van der Waals surface area contributed by atoms with Crippen molar-refractivity contribution in [3.63, 3.8) is 0 Å². The molecular weight excluding hydrogens is 471 g/mol. The largest absolute Gasteiger partial charge is 0.496 e. The number of benzene rings is 2. The predicted octanol–water partition coefficient (Wildman–Crippen LogP) is 5.16. The lowest BCUT2D eigenvalue weighted by atomic mass is 10.2. The Bertz CT molecular complexity index is 1070.